The Balaban J connectivity index is 1.45. The third-order valence-corrected chi connectivity index (χ3v) is 4.20. The summed E-state index contributed by atoms with van der Waals surface area (Å²) in [5, 5.41) is 6.87. The molecule has 3 heterocycles. The van der Waals surface area contributed by atoms with Crippen LogP contribution in [0.15, 0.2) is 41.2 Å². The summed E-state index contributed by atoms with van der Waals surface area (Å²) in [6, 6.07) is 9.70. The van der Waals surface area contributed by atoms with Crippen LogP contribution in [-0.4, -0.2) is 39.9 Å². The lowest BCUT2D eigenvalue weighted by Crippen LogP contribution is -2.39. The van der Waals surface area contributed by atoms with E-state index in [-0.39, 0.29) is 11.9 Å². The molecular weight excluding hydrogens is 308 g/mol. The van der Waals surface area contributed by atoms with Crippen LogP contribution < -0.4 is 5.32 Å². The van der Waals surface area contributed by atoms with Gasteiger partial charge in [-0.25, -0.2) is 4.98 Å². The molecule has 24 heavy (non-hydrogen) atoms. The molecule has 1 aliphatic rings. The molecule has 7 heteroatoms. The Morgan fingerprint density at radius 1 is 1.29 bits per heavy atom. The second-order valence-electron chi connectivity index (χ2n) is 5.90. The van der Waals surface area contributed by atoms with E-state index in [9.17, 15) is 4.79 Å². The molecule has 1 saturated heterocycles. The van der Waals surface area contributed by atoms with Gasteiger partial charge in [0.25, 0.3) is 5.91 Å². The molecule has 124 valence electrons. The second-order valence-corrected chi connectivity index (χ2v) is 5.90. The number of fused-ring (bicyclic) bond motifs is 1. The highest BCUT2D eigenvalue weighted by Crippen LogP contribution is 2.15. The van der Waals surface area contributed by atoms with Crippen molar-refractivity contribution in [3.63, 3.8) is 0 Å². The first-order valence-corrected chi connectivity index (χ1v) is 8.04. The highest BCUT2D eigenvalue weighted by molar-refractivity contribution is 5.92. The van der Waals surface area contributed by atoms with Crippen molar-refractivity contribution in [2.24, 2.45) is 0 Å². The van der Waals surface area contributed by atoms with E-state index in [0.29, 0.717) is 31.2 Å². The number of imidazole rings is 1. The number of hydrogen-bond donors (Lipinski definition) is 1. The quantitative estimate of drug-likeness (QED) is 0.793. The minimum absolute atomic E-state index is 0.143. The Morgan fingerprint density at radius 2 is 2.12 bits per heavy atom. The first-order chi connectivity index (χ1) is 11.8. The molecule has 0 unspecified atom stereocenters. The zero-order valence-corrected chi connectivity index (χ0v) is 13.1. The van der Waals surface area contributed by atoms with Crippen LogP contribution in [0.5, 0.6) is 0 Å². The summed E-state index contributed by atoms with van der Waals surface area (Å²) in [4.78, 5) is 16.6. The van der Waals surface area contributed by atoms with Crippen molar-refractivity contribution < 1.29 is 14.1 Å². The van der Waals surface area contributed by atoms with E-state index in [0.717, 1.165) is 23.9 Å². The van der Waals surface area contributed by atoms with Crippen molar-refractivity contribution in [3.8, 4) is 0 Å². The molecule has 1 amide bonds. The van der Waals surface area contributed by atoms with Gasteiger partial charge in [-0.3, -0.25) is 4.79 Å². The van der Waals surface area contributed by atoms with Crippen molar-refractivity contribution in [2.45, 2.75) is 25.4 Å². The number of aromatic nitrogens is 3. The van der Waals surface area contributed by atoms with E-state index in [1.807, 2.05) is 28.8 Å². The van der Waals surface area contributed by atoms with E-state index in [1.54, 1.807) is 12.4 Å². The highest BCUT2D eigenvalue weighted by atomic mass is 16.5. The fourth-order valence-corrected chi connectivity index (χ4v) is 2.90. The normalized spacial score (nSPS) is 15.7. The van der Waals surface area contributed by atoms with Gasteiger partial charge in [0, 0.05) is 25.3 Å². The third-order valence-electron chi connectivity index (χ3n) is 4.20. The van der Waals surface area contributed by atoms with Crippen LogP contribution in [0.4, 0.5) is 0 Å². The molecule has 4 rings (SSSR count). The molecule has 2 aromatic heterocycles. The minimum atomic E-state index is -0.201. The number of ether oxygens (including phenoxy) is 1. The number of nitrogens with one attached hydrogen (secondary N) is 1. The molecule has 3 aromatic rings. The maximum Gasteiger partial charge on any atom is 0.273 e. The van der Waals surface area contributed by atoms with Gasteiger partial charge in [-0.1, -0.05) is 17.3 Å². The molecule has 0 aliphatic carbocycles. The summed E-state index contributed by atoms with van der Waals surface area (Å²) in [5.41, 5.74) is 2.25. The molecule has 1 aliphatic heterocycles. The van der Waals surface area contributed by atoms with Crippen molar-refractivity contribution in [1.29, 1.82) is 0 Å². The summed E-state index contributed by atoms with van der Waals surface area (Å²) < 4.78 is 12.6. The Kier molecular flexibility index (Phi) is 4.00. The van der Waals surface area contributed by atoms with Gasteiger partial charge < -0.3 is 19.1 Å². The molecular formula is C17H18N4O3. The molecule has 7 nitrogen and oxygen atoms in total. The SMILES string of the molecule is O=C(NC1CCOCC1)c1cc(Cn2cnc3ccccc32)on1. The number of rotatable bonds is 4. The number of nitrogens with zero attached hydrogens (tertiary/aromatic N) is 3. The number of hydrogen-bond acceptors (Lipinski definition) is 5. The second kappa shape index (κ2) is 6.45. The predicted octanol–water partition coefficient (Wildman–Crippen LogP) is 1.98. The van der Waals surface area contributed by atoms with Gasteiger partial charge in [0.05, 0.1) is 23.9 Å². The molecule has 0 bridgehead atoms. The van der Waals surface area contributed by atoms with Gasteiger partial charge in [-0.05, 0) is 25.0 Å². The topological polar surface area (TPSA) is 82.2 Å². The average molecular weight is 326 g/mol. The lowest BCUT2D eigenvalue weighted by molar-refractivity contribution is 0.0692. The highest BCUT2D eigenvalue weighted by Gasteiger charge is 2.19. The average Bonchev–Trinajstić information content (AvgIpc) is 3.24. The van der Waals surface area contributed by atoms with E-state index in [2.05, 4.69) is 15.5 Å². The zero-order valence-electron chi connectivity index (χ0n) is 13.1. The Bertz CT molecular complexity index is 848. The van der Waals surface area contributed by atoms with Crippen molar-refractivity contribution in [1.82, 2.24) is 20.0 Å². The van der Waals surface area contributed by atoms with Gasteiger partial charge in [0.2, 0.25) is 0 Å². The van der Waals surface area contributed by atoms with Gasteiger partial charge in [-0.2, -0.15) is 0 Å². The van der Waals surface area contributed by atoms with Crippen LogP contribution >= 0.6 is 0 Å². The summed E-state index contributed by atoms with van der Waals surface area (Å²) in [6.07, 6.45) is 3.42. The number of para-hydroxylation sites is 2. The zero-order chi connectivity index (χ0) is 16.4. The summed E-state index contributed by atoms with van der Waals surface area (Å²) in [7, 11) is 0. The van der Waals surface area contributed by atoms with E-state index >= 15 is 0 Å². The lowest BCUT2D eigenvalue weighted by atomic mass is 10.1. The fourth-order valence-electron chi connectivity index (χ4n) is 2.90. The molecule has 1 aromatic carbocycles. The van der Waals surface area contributed by atoms with Gasteiger partial charge in [0.1, 0.15) is 0 Å². The molecule has 1 fully saturated rings. The van der Waals surface area contributed by atoms with Crippen LogP contribution in [0.25, 0.3) is 11.0 Å². The molecule has 1 N–H and O–H groups in total. The standard InChI is InChI=1S/C17H18N4O3/c22-17(19-12-5-7-23-8-6-12)15-9-13(24-20-15)10-21-11-18-14-3-1-2-4-16(14)21/h1-4,9,11-12H,5-8,10H2,(H,19,22). The van der Waals surface area contributed by atoms with Gasteiger partial charge in [-0.15, -0.1) is 0 Å². The number of carbonyl (C=O) groups excluding carboxylic acids is 1. The number of carbonyl (C=O) groups is 1. The van der Waals surface area contributed by atoms with Crippen LogP contribution in [-0.2, 0) is 11.3 Å². The molecule has 0 atom stereocenters. The van der Waals surface area contributed by atoms with Crippen molar-refractivity contribution in [2.75, 3.05) is 13.2 Å². The minimum Gasteiger partial charge on any atom is -0.381 e. The fraction of sp³-hybridized carbons (Fsp3) is 0.353. The van der Waals surface area contributed by atoms with E-state index in [1.165, 1.54) is 0 Å². The van der Waals surface area contributed by atoms with Gasteiger partial charge in [0.15, 0.2) is 11.5 Å². The lowest BCUT2D eigenvalue weighted by Gasteiger charge is -2.22. The largest absolute Gasteiger partial charge is 0.381 e. The monoisotopic (exact) mass is 326 g/mol. The van der Waals surface area contributed by atoms with Crippen LogP contribution in [0.2, 0.25) is 0 Å². The Hall–Kier alpha value is -2.67. The predicted molar refractivity (Wildman–Crippen MR) is 86.6 cm³/mol. The van der Waals surface area contributed by atoms with Crippen LogP contribution in [0.1, 0.15) is 29.1 Å². The smallest absolute Gasteiger partial charge is 0.273 e. The number of benzene rings is 1. The van der Waals surface area contributed by atoms with Gasteiger partial charge >= 0.3 is 0 Å². The first-order valence-electron chi connectivity index (χ1n) is 8.04. The molecule has 0 saturated carbocycles. The Labute approximate surface area is 138 Å². The molecule has 0 spiro atoms. The maximum atomic E-state index is 12.2. The summed E-state index contributed by atoms with van der Waals surface area (Å²) in [6.45, 7) is 1.85. The maximum absolute atomic E-state index is 12.2. The number of amides is 1. The molecule has 0 radical (unpaired) electrons. The van der Waals surface area contributed by atoms with E-state index < -0.39 is 0 Å². The summed E-state index contributed by atoms with van der Waals surface area (Å²) in [5.74, 6) is 0.419. The van der Waals surface area contributed by atoms with E-state index in [4.69, 9.17) is 9.26 Å². The van der Waals surface area contributed by atoms with Crippen LogP contribution in [0.3, 0.4) is 0 Å². The third kappa shape index (κ3) is 3.03. The summed E-state index contributed by atoms with van der Waals surface area (Å²) >= 11 is 0. The Morgan fingerprint density at radius 3 is 3.00 bits per heavy atom. The van der Waals surface area contributed by atoms with Crippen LogP contribution in [0, 0.1) is 0 Å². The van der Waals surface area contributed by atoms with Crippen molar-refractivity contribution in [3.05, 3.63) is 48.1 Å². The first kappa shape index (κ1) is 14.9. The van der Waals surface area contributed by atoms with Crippen molar-refractivity contribution >= 4 is 16.9 Å².